The molecule has 0 aromatic heterocycles. The first kappa shape index (κ1) is 20.2. The van der Waals surface area contributed by atoms with Gasteiger partial charge in [-0.1, -0.05) is 61.5 Å². The van der Waals surface area contributed by atoms with Gasteiger partial charge in [-0.3, -0.25) is 9.20 Å². The molecule has 5 heteroatoms. The summed E-state index contributed by atoms with van der Waals surface area (Å²) in [4.78, 5) is 6.42. The summed E-state index contributed by atoms with van der Waals surface area (Å²) in [7, 11) is 2.92. The Morgan fingerprint density at radius 3 is 2.31 bits per heavy atom. The molecule has 2 aromatic carbocycles. The zero-order chi connectivity index (χ0) is 18.8. The van der Waals surface area contributed by atoms with Gasteiger partial charge in [-0.25, -0.2) is 0 Å². The van der Waals surface area contributed by atoms with E-state index in [4.69, 9.17) is 0 Å². The van der Waals surface area contributed by atoms with Crippen molar-refractivity contribution in [2.45, 2.75) is 25.6 Å². The molecule has 4 nitrogen and oxygen atoms in total. The molecule has 1 N–H and O–H groups in total. The van der Waals surface area contributed by atoms with Crippen LogP contribution in [-0.4, -0.2) is 41.5 Å². The molecule has 0 spiro atoms. The van der Waals surface area contributed by atoms with Crippen molar-refractivity contribution in [2.75, 3.05) is 26.4 Å². The van der Waals surface area contributed by atoms with Gasteiger partial charge >= 0.3 is 0 Å². The van der Waals surface area contributed by atoms with Crippen LogP contribution in [-0.2, 0) is 29.5 Å². The minimum atomic E-state index is -0.880. The fourth-order valence-electron chi connectivity index (χ4n) is 2.72. The number of hydrogen-bond donors (Lipinski definition) is 1. The molecule has 1 atom stereocenters. The average molecular weight is 372 g/mol. The number of nitrogens with zero attached hydrogens (tertiary/aromatic N) is 2. The van der Waals surface area contributed by atoms with Crippen molar-refractivity contribution in [3.05, 3.63) is 71.3 Å². The lowest BCUT2D eigenvalue weighted by atomic mass is 10.1. The van der Waals surface area contributed by atoms with Gasteiger partial charge in [0.1, 0.15) is 0 Å². The largest absolute Gasteiger partial charge is 0.355 e. The second-order valence-electron chi connectivity index (χ2n) is 6.27. The Labute approximate surface area is 159 Å². The van der Waals surface area contributed by atoms with Gasteiger partial charge in [0.25, 0.3) is 0 Å². The SMILES string of the molecule is CCc1ccc(CN(C)C(=NC)NCCS(=O)Cc2ccccc2)cc1. The molecular formula is C21H29N3OS. The fourth-order valence-corrected chi connectivity index (χ4v) is 3.76. The normalized spacial score (nSPS) is 12.7. The standard InChI is InChI=1S/C21H29N3OS/c1-4-18-10-12-19(13-11-18)16-24(3)21(22-2)23-14-15-26(25)17-20-8-6-5-7-9-20/h5-13H,4,14-17H2,1-3H3,(H,22,23). The quantitative estimate of drug-likeness (QED) is 0.572. The van der Waals surface area contributed by atoms with Crippen LogP contribution in [0.25, 0.3) is 0 Å². The molecular weight excluding hydrogens is 342 g/mol. The van der Waals surface area contributed by atoms with E-state index >= 15 is 0 Å². The molecule has 0 heterocycles. The van der Waals surface area contributed by atoms with Crippen LogP contribution in [0.4, 0.5) is 0 Å². The van der Waals surface area contributed by atoms with Gasteiger partial charge in [-0.15, -0.1) is 0 Å². The number of nitrogens with one attached hydrogen (secondary N) is 1. The molecule has 0 aliphatic carbocycles. The Kier molecular flexibility index (Phi) is 8.35. The summed E-state index contributed by atoms with van der Waals surface area (Å²) in [6.07, 6.45) is 1.06. The summed E-state index contributed by atoms with van der Waals surface area (Å²) in [5.41, 5.74) is 3.71. The fraction of sp³-hybridized carbons (Fsp3) is 0.381. The maximum absolute atomic E-state index is 12.2. The minimum absolute atomic E-state index is 0.598. The number of benzene rings is 2. The molecule has 0 aliphatic heterocycles. The summed E-state index contributed by atoms with van der Waals surface area (Å²) in [5.74, 6) is 2.02. The Hall–Kier alpha value is -2.14. The summed E-state index contributed by atoms with van der Waals surface area (Å²) in [5, 5.41) is 3.31. The lowest BCUT2D eigenvalue weighted by Gasteiger charge is -2.22. The third-order valence-electron chi connectivity index (χ3n) is 4.21. The van der Waals surface area contributed by atoms with Gasteiger partial charge in [0, 0.05) is 49.5 Å². The van der Waals surface area contributed by atoms with Crippen LogP contribution in [0.2, 0.25) is 0 Å². The van der Waals surface area contributed by atoms with Crippen molar-refractivity contribution in [2.24, 2.45) is 4.99 Å². The third-order valence-corrected chi connectivity index (χ3v) is 5.52. The zero-order valence-electron chi connectivity index (χ0n) is 15.9. The van der Waals surface area contributed by atoms with Crippen molar-refractivity contribution in [1.29, 1.82) is 0 Å². The highest BCUT2D eigenvalue weighted by Crippen LogP contribution is 2.07. The first-order chi connectivity index (χ1) is 12.6. The molecule has 2 rings (SSSR count). The number of hydrogen-bond acceptors (Lipinski definition) is 2. The monoisotopic (exact) mass is 371 g/mol. The van der Waals surface area contributed by atoms with Crippen LogP contribution in [0.3, 0.4) is 0 Å². The highest BCUT2D eigenvalue weighted by molar-refractivity contribution is 7.84. The minimum Gasteiger partial charge on any atom is -0.355 e. The van der Waals surface area contributed by atoms with Gasteiger partial charge in [0.15, 0.2) is 5.96 Å². The van der Waals surface area contributed by atoms with Crippen LogP contribution in [0, 0.1) is 0 Å². The van der Waals surface area contributed by atoms with E-state index in [0.29, 0.717) is 18.1 Å². The van der Waals surface area contributed by atoms with Gasteiger partial charge < -0.3 is 10.2 Å². The number of aliphatic imine (C=N–C) groups is 1. The van der Waals surface area contributed by atoms with E-state index in [1.54, 1.807) is 7.05 Å². The van der Waals surface area contributed by atoms with Crippen molar-refractivity contribution in [3.63, 3.8) is 0 Å². The molecule has 0 radical (unpaired) electrons. The van der Waals surface area contributed by atoms with Crippen molar-refractivity contribution < 1.29 is 4.21 Å². The molecule has 0 amide bonds. The number of guanidine groups is 1. The second kappa shape index (κ2) is 10.8. The van der Waals surface area contributed by atoms with Gasteiger partial charge in [-0.05, 0) is 23.1 Å². The first-order valence-electron chi connectivity index (χ1n) is 9.01. The summed E-state index contributed by atoms with van der Waals surface area (Å²) in [6.45, 7) is 3.59. The first-order valence-corrected chi connectivity index (χ1v) is 10.5. The smallest absolute Gasteiger partial charge is 0.193 e. The van der Waals surface area contributed by atoms with Crippen LogP contribution < -0.4 is 5.32 Å². The third kappa shape index (κ3) is 6.64. The van der Waals surface area contributed by atoms with Crippen LogP contribution in [0.1, 0.15) is 23.6 Å². The van der Waals surface area contributed by atoms with Gasteiger partial charge in [0.05, 0.1) is 0 Å². The van der Waals surface area contributed by atoms with Crippen LogP contribution >= 0.6 is 0 Å². The molecule has 140 valence electrons. The molecule has 0 bridgehead atoms. The molecule has 2 aromatic rings. The van der Waals surface area contributed by atoms with Gasteiger partial charge in [-0.2, -0.15) is 0 Å². The van der Waals surface area contributed by atoms with E-state index in [1.807, 2.05) is 37.4 Å². The molecule has 0 saturated carbocycles. The topological polar surface area (TPSA) is 44.7 Å². The predicted molar refractivity (Wildman–Crippen MR) is 112 cm³/mol. The lowest BCUT2D eigenvalue weighted by molar-refractivity contribution is 0.479. The Bertz CT molecular complexity index is 714. The Balaban J connectivity index is 1.78. The number of aryl methyl sites for hydroxylation is 1. The maximum atomic E-state index is 12.2. The molecule has 26 heavy (non-hydrogen) atoms. The summed E-state index contributed by atoms with van der Waals surface area (Å²) >= 11 is 0. The maximum Gasteiger partial charge on any atom is 0.193 e. The van der Waals surface area contributed by atoms with Crippen molar-refractivity contribution >= 4 is 16.8 Å². The van der Waals surface area contributed by atoms with E-state index in [-0.39, 0.29) is 0 Å². The van der Waals surface area contributed by atoms with E-state index in [9.17, 15) is 4.21 Å². The molecule has 0 fully saturated rings. The molecule has 0 saturated heterocycles. The Morgan fingerprint density at radius 2 is 1.69 bits per heavy atom. The molecule has 0 aliphatic rings. The average Bonchev–Trinajstić information content (AvgIpc) is 2.66. The Morgan fingerprint density at radius 1 is 1.04 bits per heavy atom. The van der Waals surface area contributed by atoms with E-state index < -0.39 is 10.8 Å². The van der Waals surface area contributed by atoms with Crippen LogP contribution in [0.5, 0.6) is 0 Å². The summed E-state index contributed by atoms with van der Waals surface area (Å²) in [6, 6.07) is 18.6. The lowest BCUT2D eigenvalue weighted by Crippen LogP contribution is -2.40. The van der Waals surface area contributed by atoms with Gasteiger partial charge in [0.2, 0.25) is 0 Å². The van der Waals surface area contributed by atoms with E-state index in [1.165, 1.54) is 11.1 Å². The number of rotatable bonds is 8. The highest BCUT2D eigenvalue weighted by Gasteiger charge is 2.08. The van der Waals surface area contributed by atoms with E-state index in [2.05, 4.69) is 46.4 Å². The zero-order valence-corrected chi connectivity index (χ0v) is 16.8. The molecule has 1 unspecified atom stereocenters. The van der Waals surface area contributed by atoms with Crippen molar-refractivity contribution in [1.82, 2.24) is 10.2 Å². The predicted octanol–water partition coefficient (Wildman–Crippen LogP) is 3.21. The second-order valence-corrected chi connectivity index (χ2v) is 7.85. The van der Waals surface area contributed by atoms with Crippen LogP contribution in [0.15, 0.2) is 59.6 Å². The highest BCUT2D eigenvalue weighted by atomic mass is 32.2. The van der Waals surface area contributed by atoms with E-state index in [0.717, 1.165) is 24.5 Å². The summed E-state index contributed by atoms with van der Waals surface area (Å²) < 4.78 is 12.2. The van der Waals surface area contributed by atoms with Crippen molar-refractivity contribution in [3.8, 4) is 0 Å².